The number of thiazole rings is 1. The van der Waals surface area contributed by atoms with Gasteiger partial charge in [-0.1, -0.05) is 11.2 Å². The number of hydrogen-bond acceptors (Lipinski definition) is 10. The van der Waals surface area contributed by atoms with Crippen LogP contribution in [0.5, 0.6) is 11.5 Å². The standard InChI is InChI=1S/C18H19BN4O7S/c1-28-22-14(11-8-31-18(20)21-11)16(24)23-6-10(7-23)29-12-3-2-9-4-5-19(27)30-15(9)13(12)17(25)26/h2-3,8,10,27H,4-7H2,1H3,(H2,20,21)(H,25,26)/b22-14+. The molecule has 162 valence electrons. The molecular formula is C18H19BN4O7S. The molecule has 11 nitrogen and oxygen atoms in total. The lowest BCUT2D eigenvalue weighted by atomic mass is 9.78. The first-order valence-electron chi connectivity index (χ1n) is 9.39. The van der Waals surface area contributed by atoms with Crippen molar-refractivity contribution in [3.63, 3.8) is 0 Å². The van der Waals surface area contributed by atoms with Crippen LogP contribution in [0.15, 0.2) is 22.7 Å². The highest BCUT2D eigenvalue weighted by Gasteiger charge is 2.37. The topological polar surface area (TPSA) is 157 Å². The van der Waals surface area contributed by atoms with Crippen LogP contribution in [0.2, 0.25) is 6.32 Å². The molecule has 0 unspecified atom stereocenters. The predicted octanol–water partition coefficient (Wildman–Crippen LogP) is 0.479. The third kappa shape index (κ3) is 4.14. The van der Waals surface area contributed by atoms with Gasteiger partial charge in [-0.3, -0.25) is 4.79 Å². The molecule has 0 bridgehead atoms. The quantitative estimate of drug-likeness (QED) is 0.326. The van der Waals surface area contributed by atoms with Gasteiger partial charge in [-0.25, -0.2) is 9.78 Å². The summed E-state index contributed by atoms with van der Waals surface area (Å²) in [5.74, 6) is -1.38. The number of carbonyl (C=O) groups is 2. The number of aromatic nitrogens is 1. The van der Waals surface area contributed by atoms with E-state index in [1.54, 1.807) is 17.5 Å². The number of carboxylic acid groups (broad SMARTS) is 1. The molecule has 2 aliphatic heterocycles. The molecule has 0 radical (unpaired) electrons. The fourth-order valence-corrected chi connectivity index (χ4v) is 3.95. The molecule has 2 aliphatic rings. The normalized spacial score (nSPS) is 16.3. The van der Waals surface area contributed by atoms with E-state index in [1.165, 1.54) is 23.3 Å². The van der Waals surface area contributed by atoms with Crippen molar-refractivity contribution >= 4 is 41.2 Å². The summed E-state index contributed by atoms with van der Waals surface area (Å²) in [4.78, 5) is 34.9. The van der Waals surface area contributed by atoms with Crippen LogP contribution < -0.4 is 15.1 Å². The molecule has 0 spiro atoms. The monoisotopic (exact) mass is 446 g/mol. The molecule has 31 heavy (non-hydrogen) atoms. The summed E-state index contributed by atoms with van der Waals surface area (Å²) in [6.45, 7) is 0.446. The number of benzene rings is 1. The summed E-state index contributed by atoms with van der Waals surface area (Å²) in [6.07, 6.45) is 0.478. The highest BCUT2D eigenvalue weighted by molar-refractivity contribution is 7.13. The number of rotatable bonds is 6. The molecule has 4 N–H and O–H groups in total. The average Bonchev–Trinajstić information content (AvgIpc) is 3.13. The van der Waals surface area contributed by atoms with Gasteiger partial charge in [-0.2, -0.15) is 0 Å². The van der Waals surface area contributed by atoms with Gasteiger partial charge in [0.05, 0.1) is 13.1 Å². The lowest BCUT2D eigenvalue weighted by molar-refractivity contribution is -0.132. The molecule has 1 fully saturated rings. The van der Waals surface area contributed by atoms with Gasteiger partial charge in [0.2, 0.25) is 0 Å². The zero-order valence-corrected chi connectivity index (χ0v) is 17.3. The number of hydrogen-bond donors (Lipinski definition) is 3. The van der Waals surface area contributed by atoms with Crippen LogP contribution in [0.25, 0.3) is 0 Å². The van der Waals surface area contributed by atoms with Crippen LogP contribution in [0, 0.1) is 0 Å². The zero-order valence-electron chi connectivity index (χ0n) is 16.5. The summed E-state index contributed by atoms with van der Waals surface area (Å²) in [7, 11) is 0.268. The number of likely N-dealkylation sites (tertiary alicyclic amines) is 1. The van der Waals surface area contributed by atoms with Gasteiger partial charge in [-0.15, -0.1) is 11.3 Å². The minimum atomic E-state index is -1.22. The third-order valence-electron chi connectivity index (χ3n) is 4.91. The number of nitrogens with zero attached hydrogens (tertiary/aromatic N) is 3. The molecule has 3 heterocycles. The SMILES string of the molecule is CO/N=C(/C(=O)N1CC(Oc2ccc3c(c2C(=O)O)OB(O)CC3)C1)c1csc(N)n1. The van der Waals surface area contributed by atoms with Gasteiger partial charge in [0, 0.05) is 5.38 Å². The Labute approximate surface area is 181 Å². The number of amides is 1. The predicted molar refractivity (Wildman–Crippen MR) is 112 cm³/mol. The van der Waals surface area contributed by atoms with E-state index in [2.05, 4.69) is 10.1 Å². The first-order valence-corrected chi connectivity index (χ1v) is 10.3. The summed E-state index contributed by atoms with van der Waals surface area (Å²) in [5, 5.41) is 25.1. The number of carbonyl (C=O) groups excluding carboxylic acids is 1. The maximum atomic E-state index is 12.8. The minimum Gasteiger partial charge on any atom is -0.535 e. The highest BCUT2D eigenvalue weighted by Crippen LogP contribution is 2.37. The van der Waals surface area contributed by atoms with Crippen LogP contribution in [0.3, 0.4) is 0 Å². The minimum absolute atomic E-state index is 0.0243. The Morgan fingerprint density at radius 3 is 2.84 bits per heavy atom. The Hall–Kier alpha value is -3.32. The Bertz CT molecular complexity index is 1050. The number of aryl methyl sites for hydroxylation is 1. The number of anilines is 1. The molecule has 1 amide bonds. The second-order valence-corrected chi connectivity index (χ2v) is 7.88. The lowest BCUT2D eigenvalue weighted by Crippen LogP contribution is -2.58. The summed E-state index contributed by atoms with van der Waals surface area (Å²) < 4.78 is 11.2. The van der Waals surface area contributed by atoms with Crippen molar-refractivity contribution < 1.29 is 33.9 Å². The van der Waals surface area contributed by atoms with Crippen molar-refractivity contribution in [3.8, 4) is 11.5 Å². The molecule has 0 aliphatic carbocycles. The molecular weight excluding hydrogens is 427 g/mol. The molecule has 1 aromatic carbocycles. The van der Waals surface area contributed by atoms with Crippen LogP contribution in [0.4, 0.5) is 5.13 Å². The Morgan fingerprint density at radius 2 is 2.19 bits per heavy atom. The van der Waals surface area contributed by atoms with Crippen molar-refractivity contribution in [1.29, 1.82) is 0 Å². The van der Waals surface area contributed by atoms with Crippen molar-refractivity contribution in [2.75, 3.05) is 25.9 Å². The molecule has 1 aromatic heterocycles. The van der Waals surface area contributed by atoms with Crippen molar-refractivity contribution in [2.45, 2.75) is 18.8 Å². The van der Waals surface area contributed by atoms with E-state index in [9.17, 15) is 19.7 Å². The molecule has 1 saturated heterocycles. The Morgan fingerprint density at radius 1 is 1.42 bits per heavy atom. The Kier molecular flexibility index (Phi) is 5.70. The number of ether oxygens (including phenoxy) is 1. The van der Waals surface area contributed by atoms with E-state index in [-0.39, 0.29) is 35.9 Å². The van der Waals surface area contributed by atoms with Crippen LogP contribution >= 0.6 is 11.3 Å². The van der Waals surface area contributed by atoms with Gasteiger partial charge in [0.15, 0.2) is 10.8 Å². The second-order valence-electron chi connectivity index (χ2n) is 6.99. The van der Waals surface area contributed by atoms with Crippen LogP contribution in [-0.2, 0) is 16.1 Å². The van der Waals surface area contributed by atoms with E-state index in [0.29, 0.717) is 29.1 Å². The highest BCUT2D eigenvalue weighted by atomic mass is 32.1. The van der Waals surface area contributed by atoms with E-state index in [1.807, 2.05) is 0 Å². The largest absolute Gasteiger partial charge is 0.535 e. The van der Waals surface area contributed by atoms with Crippen molar-refractivity contribution in [3.05, 3.63) is 34.3 Å². The molecule has 0 atom stereocenters. The Balaban J connectivity index is 1.46. The van der Waals surface area contributed by atoms with Crippen molar-refractivity contribution in [2.24, 2.45) is 5.16 Å². The molecule has 2 aromatic rings. The van der Waals surface area contributed by atoms with Gasteiger partial charge < -0.3 is 35.0 Å². The van der Waals surface area contributed by atoms with E-state index >= 15 is 0 Å². The van der Waals surface area contributed by atoms with Gasteiger partial charge in [-0.05, 0) is 24.4 Å². The number of nitrogens with two attached hydrogens (primary N) is 1. The van der Waals surface area contributed by atoms with Crippen LogP contribution in [0.1, 0.15) is 21.6 Å². The molecule has 13 heteroatoms. The van der Waals surface area contributed by atoms with E-state index in [0.717, 1.165) is 0 Å². The maximum Gasteiger partial charge on any atom is 0.522 e. The van der Waals surface area contributed by atoms with E-state index < -0.39 is 25.1 Å². The second kappa shape index (κ2) is 8.43. The smallest absolute Gasteiger partial charge is 0.522 e. The average molecular weight is 446 g/mol. The summed E-state index contributed by atoms with van der Waals surface area (Å²) >= 11 is 1.18. The third-order valence-corrected chi connectivity index (χ3v) is 5.58. The fourth-order valence-electron chi connectivity index (χ4n) is 3.40. The number of fused-ring (bicyclic) bond motifs is 1. The number of nitrogen functional groups attached to an aromatic ring is 1. The van der Waals surface area contributed by atoms with E-state index in [4.69, 9.17) is 20.0 Å². The van der Waals surface area contributed by atoms with Gasteiger partial charge in [0.25, 0.3) is 5.91 Å². The number of carboxylic acids is 1. The fraction of sp³-hybridized carbons (Fsp3) is 0.333. The lowest BCUT2D eigenvalue weighted by Gasteiger charge is -2.39. The number of aromatic carboxylic acids is 1. The van der Waals surface area contributed by atoms with Crippen molar-refractivity contribution in [1.82, 2.24) is 9.88 Å². The van der Waals surface area contributed by atoms with Crippen LogP contribution in [-0.4, -0.2) is 71.0 Å². The summed E-state index contributed by atoms with van der Waals surface area (Å²) in [6, 6.07) is 3.30. The first-order chi connectivity index (χ1) is 14.9. The first kappa shape index (κ1) is 20.9. The molecule has 4 rings (SSSR count). The number of oxime groups is 1. The maximum absolute atomic E-state index is 12.8. The van der Waals surface area contributed by atoms with Gasteiger partial charge >= 0.3 is 13.1 Å². The summed E-state index contributed by atoms with van der Waals surface area (Å²) in [5.41, 5.74) is 6.53. The van der Waals surface area contributed by atoms with Gasteiger partial charge in [0.1, 0.15) is 36.0 Å². The zero-order chi connectivity index (χ0) is 22.1. The molecule has 0 saturated carbocycles.